The molecule has 0 amide bonds. The van der Waals surface area contributed by atoms with E-state index in [0.29, 0.717) is 17.7 Å². The van der Waals surface area contributed by atoms with Crippen LogP contribution in [0, 0.1) is 5.92 Å². The Bertz CT molecular complexity index is 537. The van der Waals surface area contributed by atoms with Crippen LogP contribution in [0.4, 0.5) is 0 Å². The number of aromatic nitrogens is 2. The molecule has 2 aromatic rings. The van der Waals surface area contributed by atoms with Crippen LogP contribution in [0.15, 0.2) is 33.3 Å². The van der Waals surface area contributed by atoms with E-state index in [1.54, 1.807) is 0 Å². The van der Waals surface area contributed by atoms with E-state index in [4.69, 9.17) is 4.52 Å². The van der Waals surface area contributed by atoms with Crippen molar-refractivity contribution in [1.82, 2.24) is 15.5 Å². The summed E-state index contributed by atoms with van der Waals surface area (Å²) in [6.07, 6.45) is 0. The summed E-state index contributed by atoms with van der Waals surface area (Å²) < 4.78 is 6.44. The molecule has 18 heavy (non-hydrogen) atoms. The second-order valence-electron chi connectivity index (χ2n) is 4.71. The van der Waals surface area contributed by atoms with Crippen LogP contribution in [0.2, 0.25) is 0 Å². The first kappa shape index (κ1) is 11.9. The average molecular weight is 308 g/mol. The smallest absolute Gasteiger partial charge is 0.231 e. The Kier molecular flexibility index (Phi) is 3.18. The minimum Gasteiger partial charge on any atom is -0.339 e. The van der Waals surface area contributed by atoms with E-state index in [1.165, 1.54) is 0 Å². The van der Waals surface area contributed by atoms with Gasteiger partial charge in [0.05, 0.1) is 5.92 Å². The molecule has 2 atom stereocenters. The van der Waals surface area contributed by atoms with Crippen LogP contribution in [0.25, 0.3) is 11.4 Å². The van der Waals surface area contributed by atoms with Gasteiger partial charge in [0, 0.05) is 16.6 Å². The highest BCUT2D eigenvalue weighted by Gasteiger charge is 2.29. The number of nitrogens with zero attached hydrogens (tertiary/aromatic N) is 2. The van der Waals surface area contributed by atoms with Gasteiger partial charge >= 0.3 is 0 Å². The number of halogens is 1. The van der Waals surface area contributed by atoms with Crippen molar-refractivity contribution in [3.8, 4) is 11.4 Å². The van der Waals surface area contributed by atoms with Gasteiger partial charge in [-0.05, 0) is 36.7 Å². The van der Waals surface area contributed by atoms with Gasteiger partial charge in [-0.3, -0.25) is 0 Å². The molecule has 4 nitrogen and oxygen atoms in total. The molecular weight excluding hydrogens is 294 g/mol. The summed E-state index contributed by atoms with van der Waals surface area (Å²) >= 11 is 3.41. The highest BCUT2D eigenvalue weighted by atomic mass is 79.9. The number of nitrogens with one attached hydrogen (secondary N) is 1. The first-order chi connectivity index (χ1) is 8.74. The van der Waals surface area contributed by atoms with E-state index in [9.17, 15) is 0 Å². The van der Waals surface area contributed by atoms with Gasteiger partial charge < -0.3 is 9.84 Å². The van der Waals surface area contributed by atoms with Gasteiger partial charge in [0.1, 0.15) is 0 Å². The van der Waals surface area contributed by atoms with Crippen molar-refractivity contribution >= 4 is 15.9 Å². The zero-order valence-corrected chi connectivity index (χ0v) is 11.6. The molecule has 2 heterocycles. The van der Waals surface area contributed by atoms with Gasteiger partial charge in [-0.25, -0.2) is 0 Å². The lowest BCUT2D eigenvalue weighted by molar-refractivity contribution is 0.340. The van der Waals surface area contributed by atoms with Gasteiger partial charge in [0.25, 0.3) is 0 Å². The van der Waals surface area contributed by atoms with Crippen molar-refractivity contribution in [3.63, 3.8) is 0 Å². The molecule has 0 spiro atoms. The second-order valence-corrected chi connectivity index (χ2v) is 5.62. The Labute approximate surface area is 114 Å². The van der Waals surface area contributed by atoms with Crippen molar-refractivity contribution < 1.29 is 4.52 Å². The van der Waals surface area contributed by atoms with Crippen molar-refractivity contribution in [2.45, 2.75) is 12.8 Å². The lowest BCUT2D eigenvalue weighted by atomic mass is 9.98. The third-order valence-electron chi connectivity index (χ3n) is 3.38. The normalized spacial score (nSPS) is 23.4. The second kappa shape index (κ2) is 4.82. The molecule has 1 aliphatic heterocycles. The summed E-state index contributed by atoms with van der Waals surface area (Å²) in [6, 6.07) is 7.92. The van der Waals surface area contributed by atoms with E-state index in [1.807, 2.05) is 24.3 Å². The van der Waals surface area contributed by atoms with Crippen LogP contribution in [0.1, 0.15) is 18.7 Å². The largest absolute Gasteiger partial charge is 0.339 e. The third-order valence-corrected chi connectivity index (χ3v) is 3.91. The topological polar surface area (TPSA) is 51.0 Å². The third kappa shape index (κ3) is 2.20. The molecule has 1 aromatic carbocycles. The Balaban J connectivity index is 1.87. The Morgan fingerprint density at radius 3 is 2.72 bits per heavy atom. The first-order valence-electron chi connectivity index (χ1n) is 6.04. The standard InChI is InChI=1S/C13H14BrN3O/c1-8-6-15-7-11(8)13-16-12(17-18-13)9-2-4-10(14)5-3-9/h2-5,8,11,15H,6-7H2,1H3. The van der Waals surface area contributed by atoms with Crippen molar-refractivity contribution in [1.29, 1.82) is 0 Å². The first-order valence-corrected chi connectivity index (χ1v) is 6.83. The van der Waals surface area contributed by atoms with E-state index in [0.717, 1.165) is 29.0 Å². The molecule has 1 aliphatic rings. The summed E-state index contributed by atoms with van der Waals surface area (Å²) in [6.45, 7) is 4.14. The van der Waals surface area contributed by atoms with Gasteiger partial charge in [0.15, 0.2) is 0 Å². The van der Waals surface area contributed by atoms with Gasteiger partial charge in [-0.1, -0.05) is 28.0 Å². The predicted molar refractivity (Wildman–Crippen MR) is 72.2 cm³/mol. The lowest BCUT2D eigenvalue weighted by Crippen LogP contribution is -2.08. The molecule has 94 valence electrons. The average Bonchev–Trinajstić information content (AvgIpc) is 2.98. The molecule has 0 aliphatic carbocycles. The zero-order valence-electron chi connectivity index (χ0n) is 10.1. The van der Waals surface area contributed by atoms with E-state index in [-0.39, 0.29) is 0 Å². The quantitative estimate of drug-likeness (QED) is 0.927. The molecule has 0 bridgehead atoms. The molecule has 0 saturated carbocycles. The van der Waals surface area contributed by atoms with Crippen LogP contribution in [-0.4, -0.2) is 23.2 Å². The van der Waals surface area contributed by atoms with Crippen LogP contribution < -0.4 is 5.32 Å². The summed E-state index contributed by atoms with van der Waals surface area (Å²) in [5.41, 5.74) is 0.979. The Hall–Kier alpha value is -1.20. The van der Waals surface area contributed by atoms with E-state index < -0.39 is 0 Å². The minimum atomic E-state index is 0.335. The fourth-order valence-corrected chi connectivity index (χ4v) is 2.51. The monoisotopic (exact) mass is 307 g/mol. The highest BCUT2D eigenvalue weighted by Crippen LogP contribution is 2.28. The van der Waals surface area contributed by atoms with Crippen LogP contribution in [-0.2, 0) is 0 Å². The van der Waals surface area contributed by atoms with Crippen LogP contribution >= 0.6 is 15.9 Å². The Morgan fingerprint density at radius 2 is 2.06 bits per heavy atom. The Morgan fingerprint density at radius 1 is 1.28 bits per heavy atom. The molecule has 1 N–H and O–H groups in total. The molecule has 5 heteroatoms. The number of benzene rings is 1. The highest BCUT2D eigenvalue weighted by molar-refractivity contribution is 9.10. The van der Waals surface area contributed by atoms with Crippen molar-refractivity contribution in [2.24, 2.45) is 5.92 Å². The summed E-state index contributed by atoms with van der Waals surface area (Å²) in [7, 11) is 0. The summed E-state index contributed by atoms with van der Waals surface area (Å²) in [4.78, 5) is 4.51. The molecule has 3 rings (SSSR count). The summed E-state index contributed by atoms with van der Waals surface area (Å²) in [5, 5.41) is 7.41. The molecule has 1 fully saturated rings. The van der Waals surface area contributed by atoms with E-state index >= 15 is 0 Å². The van der Waals surface area contributed by atoms with Crippen molar-refractivity contribution in [3.05, 3.63) is 34.6 Å². The molecule has 0 radical (unpaired) electrons. The summed E-state index contributed by atoms with van der Waals surface area (Å²) in [5.74, 6) is 2.28. The predicted octanol–water partition coefficient (Wildman–Crippen LogP) is 2.82. The maximum absolute atomic E-state index is 5.39. The fraction of sp³-hybridized carbons (Fsp3) is 0.385. The maximum Gasteiger partial charge on any atom is 0.231 e. The number of hydrogen-bond donors (Lipinski definition) is 1. The minimum absolute atomic E-state index is 0.335. The number of rotatable bonds is 2. The van der Waals surface area contributed by atoms with Crippen LogP contribution in [0.5, 0.6) is 0 Å². The van der Waals surface area contributed by atoms with Gasteiger partial charge in [-0.15, -0.1) is 0 Å². The molecular formula is C13H14BrN3O. The zero-order chi connectivity index (χ0) is 12.5. The lowest BCUT2D eigenvalue weighted by Gasteiger charge is -2.07. The fourth-order valence-electron chi connectivity index (χ4n) is 2.24. The molecule has 1 aromatic heterocycles. The maximum atomic E-state index is 5.39. The SMILES string of the molecule is CC1CNCC1c1nc(-c2ccc(Br)cc2)no1. The van der Waals surface area contributed by atoms with Gasteiger partial charge in [-0.2, -0.15) is 4.98 Å². The van der Waals surface area contributed by atoms with Gasteiger partial charge in [0.2, 0.25) is 11.7 Å². The number of hydrogen-bond acceptors (Lipinski definition) is 4. The molecule has 1 saturated heterocycles. The van der Waals surface area contributed by atoms with Crippen molar-refractivity contribution in [2.75, 3.05) is 13.1 Å². The van der Waals surface area contributed by atoms with Crippen LogP contribution in [0.3, 0.4) is 0 Å². The van der Waals surface area contributed by atoms with E-state index in [2.05, 4.69) is 38.3 Å². The molecule has 2 unspecified atom stereocenters.